The molecule has 6 heteroatoms. The van der Waals surface area contributed by atoms with Crippen molar-refractivity contribution in [2.24, 2.45) is 0 Å². The molecule has 0 bridgehead atoms. The number of benzene rings is 10. The highest BCUT2D eigenvalue weighted by Crippen LogP contribution is 2.63. The summed E-state index contributed by atoms with van der Waals surface area (Å²) in [7, 11) is 0. The van der Waals surface area contributed by atoms with E-state index in [-0.39, 0.29) is 39.3 Å². The molecule has 5 heterocycles. The third-order valence-corrected chi connectivity index (χ3v) is 24.6. The summed E-state index contributed by atoms with van der Waals surface area (Å²) in [4.78, 5) is 8.37. The highest BCUT2D eigenvalue weighted by atomic mass is 32.1. The third kappa shape index (κ3) is 6.83. The fourth-order valence-electron chi connectivity index (χ4n) is 18.5. The Kier molecular flexibility index (Phi) is 10.6. The van der Waals surface area contributed by atoms with E-state index in [2.05, 4.69) is 278 Å². The van der Waals surface area contributed by atoms with Gasteiger partial charge in [0.25, 0.3) is 6.71 Å². The smallest absolute Gasteiger partial charge is 0.252 e. The van der Waals surface area contributed by atoms with Crippen LogP contribution in [0.25, 0.3) is 53.2 Å². The molecule has 1 fully saturated rings. The van der Waals surface area contributed by atoms with Gasteiger partial charge in [-0.25, -0.2) is 0 Å². The minimum absolute atomic E-state index is 0.0329. The van der Waals surface area contributed by atoms with E-state index in [1.165, 1.54) is 139 Å². The summed E-state index contributed by atoms with van der Waals surface area (Å²) in [6.07, 6.45) is 6.86. The number of thiophene rings is 1. The summed E-state index contributed by atoms with van der Waals surface area (Å²) in [5, 5.41) is 4.89. The van der Waals surface area contributed by atoms with E-state index >= 15 is 0 Å². The lowest BCUT2D eigenvalue weighted by molar-refractivity contribution is 0.195. The van der Waals surface area contributed by atoms with Gasteiger partial charge in [-0.05, 0) is 183 Å². The van der Waals surface area contributed by atoms with Crippen LogP contribution in [0.3, 0.4) is 0 Å². The SMILES string of the molecule is CC1(C)CCC(C)(C)c2cc3c(cc21)B1c2cc4c(cc2N(c2cccc5sc6ccccc6c25)c2cc(N5c6ccc(-c7ccccc7)cc6C6(C)CCCCC56C)cc(c21)N3c1cccc2oc3ccccc3c12)C(C)(C)c1ccccc1C4(C)C. The Morgan fingerprint density at radius 3 is 1.66 bits per heavy atom. The van der Waals surface area contributed by atoms with Crippen molar-refractivity contribution in [2.45, 2.75) is 140 Å². The average molecular weight is 1160 g/mol. The molecule has 0 radical (unpaired) electrons. The van der Waals surface area contributed by atoms with Crippen molar-refractivity contribution < 1.29 is 4.42 Å². The molecule has 12 aromatic rings. The molecule has 10 aromatic carbocycles. The van der Waals surface area contributed by atoms with Gasteiger partial charge in [-0.1, -0.05) is 196 Å². The molecular formula is C82H74BN3OS. The molecule has 0 spiro atoms. The van der Waals surface area contributed by atoms with E-state index in [1.807, 2.05) is 11.3 Å². The highest BCUT2D eigenvalue weighted by molar-refractivity contribution is 7.26. The van der Waals surface area contributed by atoms with Crippen molar-refractivity contribution >= 4 is 122 Å². The maximum atomic E-state index is 6.92. The van der Waals surface area contributed by atoms with Gasteiger partial charge in [0.1, 0.15) is 11.2 Å². The average Bonchev–Trinajstić information content (AvgIpc) is 0.902. The standard InChI is InChI=1S/C82H74BN3OS/c1-77(2)40-41-78(3,4)57-47-66-61(45-56(57)77)83-62-46-58-59(80(7,8)55-29-17-16-28-54(55)79(58,5)6)48-67(62)85(65-31-23-35-73-75(65)53-27-15-19-34-72(53)88-73)69-44-51(43-68(76(69)83)84(66)64-30-22-33-71-74(64)52-26-14-18-32-70(52)87-71)86-63-37-36-50(49-24-12-11-13-25-49)42-60(63)81(9)38-20-21-39-82(81,86)10/h11-19,22-37,42-48H,20-21,38-41H2,1-10H3. The van der Waals surface area contributed by atoms with E-state index in [4.69, 9.17) is 4.42 Å². The molecule has 4 nitrogen and oxygen atoms in total. The van der Waals surface area contributed by atoms with E-state index in [0.29, 0.717) is 0 Å². The fraction of sp³-hybridized carbons (Fsp3) is 0.268. The predicted octanol–water partition coefficient (Wildman–Crippen LogP) is 20.8. The molecule has 6 aliphatic rings. The monoisotopic (exact) mass is 1160 g/mol. The molecule has 2 atom stereocenters. The van der Waals surface area contributed by atoms with Gasteiger partial charge in [0.2, 0.25) is 0 Å². The van der Waals surface area contributed by atoms with Crippen molar-refractivity contribution in [3.8, 4) is 11.1 Å². The zero-order valence-electron chi connectivity index (χ0n) is 52.5. The summed E-state index contributed by atoms with van der Waals surface area (Å²) in [5.41, 5.74) is 27.4. The van der Waals surface area contributed by atoms with Crippen LogP contribution in [0.4, 0.5) is 45.5 Å². The van der Waals surface area contributed by atoms with Crippen LogP contribution in [0.2, 0.25) is 0 Å². The number of anilines is 8. The lowest BCUT2D eigenvalue weighted by Gasteiger charge is -2.52. The number of hydrogen-bond donors (Lipinski definition) is 0. The van der Waals surface area contributed by atoms with E-state index in [0.717, 1.165) is 53.3 Å². The van der Waals surface area contributed by atoms with E-state index in [1.54, 1.807) is 0 Å². The lowest BCUT2D eigenvalue weighted by Crippen LogP contribution is -2.62. The molecule has 1 saturated carbocycles. The summed E-state index contributed by atoms with van der Waals surface area (Å²) in [6, 6.07) is 75.8. The normalized spacial score (nSPS) is 21.2. The third-order valence-electron chi connectivity index (χ3n) is 23.5. The number of furan rings is 1. The van der Waals surface area contributed by atoms with Crippen molar-refractivity contribution in [2.75, 3.05) is 14.7 Å². The Balaban J connectivity index is 1.03. The first-order valence-electron chi connectivity index (χ1n) is 32.4. The Morgan fingerprint density at radius 2 is 0.943 bits per heavy atom. The van der Waals surface area contributed by atoms with Crippen LogP contribution in [-0.2, 0) is 27.1 Å². The van der Waals surface area contributed by atoms with Crippen molar-refractivity contribution in [3.05, 3.63) is 233 Å². The minimum atomic E-state index is -0.281. The zero-order chi connectivity index (χ0) is 59.8. The van der Waals surface area contributed by atoms with Gasteiger partial charge in [-0.3, -0.25) is 0 Å². The van der Waals surface area contributed by atoms with Crippen LogP contribution in [0.15, 0.2) is 199 Å². The van der Waals surface area contributed by atoms with Crippen molar-refractivity contribution in [1.82, 2.24) is 0 Å². The maximum Gasteiger partial charge on any atom is 0.252 e. The van der Waals surface area contributed by atoms with Crippen molar-refractivity contribution in [1.29, 1.82) is 0 Å². The topological polar surface area (TPSA) is 22.9 Å². The molecule has 3 aliphatic carbocycles. The van der Waals surface area contributed by atoms with Crippen LogP contribution in [-0.4, -0.2) is 12.3 Å². The van der Waals surface area contributed by atoms with Gasteiger partial charge in [0.05, 0.1) is 22.3 Å². The van der Waals surface area contributed by atoms with Gasteiger partial charge >= 0.3 is 0 Å². The number of para-hydroxylation sites is 1. The van der Waals surface area contributed by atoms with E-state index in [9.17, 15) is 0 Å². The molecular weight excluding hydrogens is 1090 g/mol. The Morgan fingerprint density at radius 1 is 0.386 bits per heavy atom. The molecule has 0 N–H and O–H groups in total. The summed E-state index contributed by atoms with van der Waals surface area (Å²) in [5.74, 6) is 0. The quantitative estimate of drug-likeness (QED) is 0.164. The molecule has 88 heavy (non-hydrogen) atoms. The summed E-state index contributed by atoms with van der Waals surface area (Å²) >= 11 is 1.91. The Labute approximate surface area is 522 Å². The number of nitrogens with zero attached hydrogens (tertiary/aromatic N) is 3. The van der Waals surface area contributed by atoms with Gasteiger partial charge in [0.15, 0.2) is 0 Å². The fourth-order valence-corrected chi connectivity index (χ4v) is 19.6. The van der Waals surface area contributed by atoms with Gasteiger partial charge in [-0.2, -0.15) is 0 Å². The predicted molar refractivity (Wildman–Crippen MR) is 375 cm³/mol. The maximum absolute atomic E-state index is 6.92. The van der Waals surface area contributed by atoms with Crippen LogP contribution in [0.1, 0.15) is 147 Å². The summed E-state index contributed by atoms with van der Waals surface area (Å²) in [6.45, 7) is 25.1. The lowest BCUT2D eigenvalue weighted by atomic mass is 9.32. The van der Waals surface area contributed by atoms with Gasteiger partial charge < -0.3 is 19.1 Å². The number of rotatable bonds is 4. The largest absolute Gasteiger partial charge is 0.456 e. The first-order valence-corrected chi connectivity index (χ1v) is 33.3. The first kappa shape index (κ1) is 52.8. The zero-order valence-corrected chi connectivity index (χ0v) is 53.3. The molecule has 3 aliphatic heterocycles. The highest BCUT2D eigenvalue weighted by Gasteiger charge is 2.59. The Hall–Kier alpha value is -8.32. The van der Waals surface area contributed by atoms with Crippen LogP contribution >= 0.6 is 11.3 Å². The summed E-state index contributed by atoms with van der Waals surface area (Å²) < 4.78 is 9.53. The van der Waals surface area contributed by atoms with Gasteiger partial charge in [0, 0.05) is 75.9 Å². The molecule has 2 aromatic heterocycles. The number of hydrogen-bond acceptors (Lipinski definition) is 5. The van der Waals surface area contributed by atoms with E-state index < -0.39 is 0 Å². The van der Waals surface area contributed by atoms with Crippen molar-refractivity contribution in [3.63, 3.8) is 0 Å². The number of fused-ring (bicyclic) bond motifs is 16. The molecule has 0 saturated heterocycles. The molecule has 18 rings (SSSR count). The second-order valence-corrected chi connectivity index (χ2v) is 30.8. The molecule has 2 unspecified atom stereocenters. The molecule has 432 valence electrons. The van der Waals surface area contributed by atoms with Gasteiger partial charge in [-0.15, -0.1) is 11.3 Å². The molecule has 0 amide bonds. The second-order valence-electron chi connectivity index (χ2n) is 29.7. The van der Waals surface area contributed by atoms with Crippen LogP contribution in [0, 0.1) is 0 Å². The first-order chi connectivity index (χ1) is 42.4. The Bertz CT molecular complexity index is 5020. The second kappa shape index (κ2) is 17.7. The van der Waals surface area contributed by atoms with Crippen LogP contribution in [0.5, 0.6) is 0 Å². The van der Waals surface area contributed by atoms with Crippen LogP contribution < -0.4 is 31.1 Å². The minimum Gasteiger partial charge on any atom is -0.456 e.